The Hall–Kier alpha value is -1.13. The average Bonchev–Trinajstić information content (AvgIpc) is 2.11. The maximum Gasteiger partial charge on any atom is 0.303 e. The number of oxazole rings is 1. The molecule has 0 aliphatic carbocycles. The van der Waals surface area contributed by atoms with Crippen LogP contribution in [0.2, 0.25) is 0 Å². The van der Waals surface area contributed by atoms with E-state index in [1.54, 1.807) is 0 Å². The predicted molar refractivity (Wildman–Crippen MR) is 30.5 cm³/mol. The molecule has 0 aromatic carbocycles. The molecule has 0 bridgehead atoms. The second-order valence-electron chi connectivity index (χ2n) is 1.95. The number of aromatic nitrogens is 1. The second-order valence-corrected chi connectivity index (χ2v) is 1.95. The number of rotatable bonds is 1. The van der Waals surface area contributed by atoms with E-state index < -0.39 is 11.7 Å². The molecule has 1 aromatic heterocycles. The number of nitrogens with zero attached hydrogens (tertiary/aromatic N) is 1. The predicted octanol–water partition coefficient (Wildman–Crippen LogP) is 1.37. The van der Waals surface area contributed by atoms with Crippen LogP contribution in [0.5, 0.6) is 0 Å². The van der Waals surface area contributed by atoms with Crippen LogP contribution in [0.15, 0.2) is 10.6 Å². The minimum Gasteiger partial charge on any atom is -0.422 e. The van der Waals surface area contributed by atoms with E-state index in [0.29, 0.717) is 6.92 Å². The van der Waals surface area contributed by atoms with Gasteiger partial charge < -0.3 is 10.2 Å². The summed E-state index contributed by atoms with van der Waals surface area (Å²) in [5, 5.41) is 0. The third-order valence-electron chi connectivity index (χ3n) is 0.956. The fourth-order valence-corrected chi connectivity index (χ4v) is 0.491. The first-order chi connectivity index (χ1) is 4.50. The molecule has 0 fully saturated rings. The lowest BCUT2D eigenvalue weighted by atomic mass is 10.3. The number of alkyl halides is 2. The first-order valence-corrected chi connectivity index (χ1v) is 2.60. The van der Waals surface area contributed by atoms with Crippen molar-refractivity contribution in [2.75, 3.05) is 5.73 Å². The van der Waals surface area contributed by atoms with Gasteiger partial charge in [0.2, 0.25) is 0 Å². The number of nitrogen functional groups attached to an aromatic ring is 1. The summed E-state index contributed by atoms with van der Waals surface area (Å²) >= 11 is 0. The smallest absolute Gasteiger partial charge is 0.303 e. The lowest BCUT2D eigenvalue weighted by Crippen LogP contribution is -2.04. The largest absolute Gasteiger partial charge is 0.422 e. The summed E-state index contributed by atoms with van der Waals surface area (Å²) < 4.78 is 28.9. The zero-order valence-corrected chi connectivity index (χ0v) is 5.27. The molecule has 56 valence electrons. The van der Waals surface area contributed by atoms with E-state index in [1.807, 2.05) is 0 Å². The molecule has 0 unspecified atom stereocenters. The Morgan fingerprint density at radius 3 is 2.50 bits per heavy atom. The van der Waals surface area contributed by atoms with E-state index >= 15 is 0 Å². The van der Waals surface area contributed by atoms with Crippen LogP contribution in [0, 0.1) is 0 Å². The molecule has 5 heteroatoms. The summed E-state index contributed by atoms with van der Waals surface area (Å²) in [6, 6.07) is -0.239. The maximum atomic E-state index is 12.3. The molecule has 1 rings (SSSR count). The Morgan fingerprint density at radius 2 is 2.30 bits per heavy atom. The van der Waals surface area contributed by atoms with Gasteiger partial charge >= 0.3 is 5.92 Å². The molecule has 0 saturated carbocycles. The second kappa shape index (κ2) is 1.93. The van der Waals surface area contributed by atoms with Crippen molar-refractivity contribution in [1.29, 1.82) is 0 Å². The number of anilines is 1. The van der Waals surface area contributed by atoms with Crippen LogP contribution in [-0.4, -0.2) is 4.98 Å². The molecule has 0 spiro atoms. The van der Waals surface area contributed by atoms with Crippen LogP contribution in [0.1, 0.15) is 12.7 Å². The van der Waals surface area contributed by atoms with E-state index in [4.69, 9.17) is 5.73 Å². The highest BCUT2D eigenvalue weighted by Crippen LogP contribution is 2.27. The van der Waals surface area contributed by atoms with E-state index in [-0.39, 0.29) is 6.01 Å². The molecule has 2 N–H and O–H groups in total. The number of hydrogen-bond acceptors (Lipinski definition) is 3. The maximum absolute atomic E-state index is 12.3. The summed E-state index contributed by atoms with van der Waals surface area (Å²) in [5.41, 5.74) is 4.96. The van der Waals surface area contributed by atoms with Crippen molar-refractivity contribution in [3.05, 3.63) is 12.0 Å². The van der Waals surface area contributed by atoms with Crippen LogP contribution in [0.4, 0.5) is 14.8 Å². The quantitative estimate of drug-likeness (QED) is 0.654. The summed E-state index contributed by atoms with van der Waals surface area (Å²) in [4.78, 5) is 3.31. The standard InChI is InChI=1S/C5H6F2N2O/c1-5(6,7)3-2-9-4(8)10-3/h2H,1H3,(H2,8,9). The zero-order valence-electron chi connectivity index (χ0n) is 5.27. The van der Waals surface area contributed by atoms with Gasteiger partial charge in [-0.25, -0.2) is 4.98 Å². The van der Waals surface area contributed by atoms with Crippen molar-refractivity contribution < 1.29 is 13.2 Å². The number of halogens is 2. The van der Waals surface area contributed by atoms with Crippen LogP contribution < -0.4 is 5.73 Å². The van der Waals surface area contributed by atoms with Crippen molar-refractivity contribution >= 4 is 6.01 Å². The average molecular weight is 148 g/mol. The Bertz CT molecular complexity index is 228. The molecule has 1 heterocycles. The molecule has 3 nitrogen and oxygen atoms in total. The summed E-state index contributed by atoms with van der Waals surface area (Å²) in [7, 11) is 0. The highest BCUT2D eigenvalue weighted by Gasteiger charge is 2.28. The SMILES string of the molecule is CC(F)(F)c1cnc(N)o1. The third kappa shape index (κ3) is 1.23. The van der Waals surface area contributed by atoms with Crippen molar-refractivity contribution in [1.82, 2.24) is 4.98 Å². The molecule has 1 aromatic rings. The Balaban J connectivity index is 2.96. The van der Waals surface area contributed by atoms with E-state index in [0.717, 1.165) is 6.20 Å². The van der Waals surface area contributed by atoms with Crippen molar-refractivity contribution in [2.24, 2.45) is 0 Å². The molecule has 0 amide bonds. The van der Waals surface area contributed by atoms with Crippen LogP contribution in [0.25, 0.3) is 0 Å². The van der Waals surface area contributed by atoms with Gasteiger partial charge in [-0.05, 0) is 0 Å². The normalized spacial score (nSPS) is 11.9. The van der Waals surface area contributed by atoms with Gasteiger partial charge in [0.05, 0.1) is 6.20 Å². The van der Waals surface area contributed by atoms with Gasteiger partial charge in [-0.15, -0.1) is 0 Å². The van der Waals surface area contributed by atoms with Crippen LogP contribution in [0.3, 0.4) is 0 Å². The fraction of sp³-hybridized carbons (Fsp3) is 0.400. The molecule has 0 aliphatic heterocycles. The molecule has 0 radical (unpaired) electrons. The van der Waals surface area contributed by atoms with Gasteiger partial charge in [-0.3, -0.25) is 0 Å². The lowest BCUT2D eigenvalue weighted by molar-refractivity contribution is -0.00453. The highest BCUT2D eigenvalue weighted by atomic mass is 19.3. The van der Waals surface area contributed by atoms with Crippen molar-refractivity contribution in [3.63, 3.8) is 0 Å². The molecule has 0 atom stereocenters. The minimum atomic E-state index is -3.00. The van der Waals surface area contributed by atoms with Gasteiger partial charge in [0.15, 0.2) is 5.76 Å². The molecule has 0 aliphatic rings. The Morgan fingerprint density at radius 1 is 1.70 bits per heavy atom. The third-order valence-corrected chi connectivity index (χ3v) is 0.956. The van der Waals surface area contributed by atoms with Crippen molar-refractivity contribution in [2.45, 2.75) is 12.8 Å². The fourth-order valence-electron chi connectivity index (χ4n) is 0.491. The monoisotopic (exact) mass is 148 g/mol. The van der Waals surface area contributed by atoms with Crippen LogP contribution >= 0.6 is 0 Å². The van der Waals surface area contributed by atoms with Crippen molar-refractivity contribution in [3.8, 4) is 0 Å². The lowest BCUT2D eigenvalue weighted by Gasteiger charge is -2.02. The summed E-state index contributed by atoms with van der Waals surface area (Å²) in [6.07, 6.45) is 0.912. The molecular weight excluding hydrogens is 142 g/mol. The Kier molecular flexibility index (Phi) is 1.35. The van der Waals surface area contributed by atoms with Gasteiger partial charge in [-0.2, -0.15) is 8.78 Å². The molecule has 10 heavy (non-hydrogen) atoms. The summed E-state index contributed by atoms with van der Waals surface area (Å²) in [6.45, 7) is 0.715. The highest BCUT2D eigenvalue weighted by molar-refractivity contribution is 5.13. The first-order valence-electron chi connectivity index (χ1n) is 2.60. The molecule has 0 saturated heterocycles. The number of hydrogen-bond donors (Lipinski definition) is 1. The van der Waals surface area contributed by atoms with Gasteiger partial charge in [-0.1, -0.05) is 0 Å². The zero-order chi connectivity index (χ0) is 7.78. The van der Waals surface area contributed by atoms with E-state index in [9.17, 15) is 8.78 Å². The van der Waals surface area contributed by atoms with Gasteiger partial charge in [0.25, 0.3) is 6.01 Å². The van der Waals surface area contributed by atoms with Gasteiger partial charge in [0, 0.05) is 6.92 Å². The number of nitrogens with two attached hydrogens (primary N) is 1. The van der Waals surface area contributed by atoms with Gasteiger partial charge in [0.1, 0.15) is 0 Å². The molecular formula is C5H6F2N2O. The minimum absolute atomic E-state index is 0.239. The van der Waals surface area contributed by atoms with Crippen LogP contribution in [-0.2, 0) is 5.92 Å². The Labute approximate surface area is 55.8 Å². The van der Waals surface area contributed by atoms with E-state index in [2.05, 4.69) is 9.40 Å². The topological polar surface area (TPSA) is 52.0 Å². The van der Waals surface area contributed by atoms with E-state index in [1.165, 1.54) is 0 Å². The summed E-state index contributed by atoms with van der Waals surface area (Å²) in [5.74, 6) is -3.50. The first kappa shape index (κ1) is 6.98.